The Balaban J connectivity index is 1.45. The molecule has 0 spiro atoms. The molecule has 0 atom stereocenters. The van der Waals surface area contributed by atoms with Crippen molar-refractivity contribution < 1.29 is 13.6 Å². The predicted molar refractivity (Wildman–Crippen MR) is 103 cm³/mol. The average Bonchev–Trinajstić information content (AvgIpc) is 3.45. The van der Waals surface area contributed by atoms with Crippen LogP contribution in [-0.2, 0) is 11.3 Å². The summed E-state index contributed by atoms with van der Waals surface area (Å²) in [7, 11) is 0. The summed E-state index contributed by atoms with van der Waals surface area (Å²) in [6, 6.07) is 13.0. The Morgan fingerprint density at radius 1 is 1.14 bits per heavy atom. The zero-order valence-corrected chi connectivity index (χ0v) is 15.8. The Kier molecular flexibility index (Phi) is 5.38. The molecule has 0 saturated heterocycles. The van der Waals surface area contributed by atoms with Crippen molar-refractivity contribution in [3.63, 3.8) is 0 Å². The van der Waals surface area contributed by atoms with Crippen molar-refractivity contribution in [3.8, 4) is 0 Å². The monoisotopic (exact) mass is 400 g/mol. The molecule has 0 unspecified atom stereocenters. The van der Waals surface area contributed by atoms with Crippen molar-refractivity contribution >= 4 is 23.4 Å². The van der Waals surface area contributed by atoms with Gasteiger partial charge >= 0.3 is 0 Å². The van der Waals surface area contributed by atoms with E-state index in [1.165, 1.54) is 17.8 Å². The van der Waals surface area contributed by atoms with Gasteiger partial charge in [0, 0.05) is 12.0 Å². The van der Waals surface area contributed by atoms with Crippen LogP contribution in [0.1, 0.15) is 30.1 Å². The lowest BCUT2D eigenvalue weighted by atomic mass is 10.2. The van der Waals surface area contributed by atoms with Crippen molar-refractivity contribution in [2.24, 2.45) is 0 Å². The van der Waals surface area contributed by atoms with E-state index < -0.39 is 17.5 Å². The van der Waals surface area contributed by atoms with Crippen molar-refractivity contribution in [2.75, 3.05) is 11.1 Å². The second-order valence-electron chi connectivity index (χ2n) is 6.65. The number of nitrogens with one attached hydrogen (secondary N) is 1. The molecule has 8 heteroatoms. The molecular formula is C20H18F2N4OS. The van der Waals surface area contributed by atoms with Gasteiger partial charge in [-0.1, -0.05) is 42.1 Å². The first kappa shape index (κ1) is 18.6. The molecule has 0 bridgehead atoms. The molecule has 1 aromatic heterocycles. The second kappa shape index (κ2) is 8.10. The molecule has 1 aliphatic carbocycles. The van der Waals surface area contributed by atoms with Gasteiger partial charge < -0.3 is 9.88 Å². The molecule has 0 aliphatic heterocycles. The van der Waals surface area contributed by atoms with Gasteiger partial charge in [-0.3, -0.25) is 4.79 Å². The number of halogens is 2. The molecular weight excluding hydrogens is 382 g/mol. The summed E-state index contributed by atoms with van der Waals surface area (Å²) >= 11 is 1.25. The Labute approximate surface area is 165 Å². The number of hydrogen-bond acceptors (Lipinski definition) is 4. The summed E-state index contributed by atoms with van der Waals surface area (Å²) in [5, 5.41) is 11.7. The largest absolute Gasteiger partial charge is 0.323 e. The standard InChI is InChI=1S/C20H18F2N4OS/c21-15-8-9-17(16(22)10-15)23-18(27)12-28-20-25-24-19(14-6-7-14)26(20)11-13-4-2-1-3-5-13/h1-5,8-10,14H,6-7,11-12H2,(H,23,27). The quantitative estimate of drug-likeness (QED) is 0.604. The van der Waals surface area contributed by atoms with Crippen LogP contribution >= 0.6 is 11.8 Å². The number of anilines is 1. The number of nitrogens with zero attached hydrogens (tertiary/aromatic N) is 3. The molecule has 144 valence electrons. The minimum absolute atomic E-state index is 0.0450. The number of carbonyl (C=O) groups excluding carboxylic acids is 1. The summed E-state index contributed by atoms with van der Waals surface area (Å²) < 4.78 is 28.7. The molecule has 1 amide bonds. The minimum Gasteiger partial charge on any atom is -0.323 e. The predicted octanol–water partition coefficient (Wildman–Crippen LogP) is 4.21. The Morgan fingerprint density at radius 2 is 1.93 bits per heavy atom. The Hall–Kier alpha value is -2.74. The fraction of sp³-hybridized carbons (Fsp3) is 0.250. The number of aromatic nitrogens is 3. The summed E-state index contributed by atoms with van der Waals surface area (Å²) in [5.41, 5.74) is 1.08. The molecule has 1 aliphatic rings. The van der Waals surface area contributed by atoms with E-state index in [-0.39, 0.29) is 11.4 Å². The van der Waals surface area contributed by atoms with Gasteiger partial charge in [0.25, 0.3) is 0 Å². The maximum atomic E-state index is 13.7. The summed E-state index contributed by atoms with van der Waals surface area (Å²) in [5.74, 6) is -0.469. The molecule has 1 N–H and O–H groups in total. The Morgan fingerprint density at radius 3 is 2.64 bits per heavy atom. The first-order chi connectivity index (χ1) is 13.6. The summed E-state index contributed by atoms with van der Waals surface area (Å²) in [6.45, 7) is 0.635. The van der Waals surface area contributed by atoms with Crippen molar-refractivity contribution in [1.82, 2.24) is 14.8 Å². The molecule has 1 fully saturated rings. The molecule has 4 rings (SSSR count). The van der Waals surface area contributed by atoms with E-state index in [0.29, 0.717) is 17.6 Å². The van der Waals surface area contributed by atoms with Gasteiger partial charge in [0.05, 0.1) is 18.0 Å². The van der Waals surface area contributed by atoms with Crippen molar-refractivity contribution in [1.29, 1.82) is 0 Å². The average molecular weight is 400 g/mol. The SMILES string of the molecule is O=C(CSc1nnc(C2CC2)n1Cc1ccccc1)Nc1ccc(F)cc1F. The van der Waals surface area contributed by atoms with E-state index in [2.05, 4.69) is 15.5 Å². The fourth-order valence-electron chi connectivity index (χ4n) is 2.87. The zero-order valence-electron chi connectivity index (χ0n) is 14.9. The van der Waals surface area contributed by atoms with E-state index in [4.69, 9.17) is 0 Å². The van der Waals surface area contributed by atoms with E-state index in [0.717, 1.165) is 36.4 Å². The fourth-order valence-corrected chi connectivity index (χ4v) is 3.62. The zero-order chi connectivity index (χ0) is 19.5. The van der Waals surface area contributed by atoms with Crippen LogP contribution in [-0.4, -0.2) is 26.4 Å². The molecule has 28 heavy (non-hydrogen) atoms. The van der Waals surface area contributed by atoms with Gasteiger partial charge in [0.15, 0.2) is 5.16 Å². The van der Waals surface area contributed by atoms with Crippen molar-refractivity contribution in [2.45, 2.75) is 30.5 Å². The van der Waals surface area contributed by atoms with Crippen LogP contribution in [0.15, 0.2) is 53.7 Å². The van der Waals surface area contributed by atoms with Crippen molar-refractivity contribution in [3.05, 3.63) is 71.6 Å². The van der Waals surface area contributed by atoms with Gasteiger partial charge in [-0.15, -0.1) is 10.2 Å². The van der Waals surface area contributed by atoms with Crippen LogP contribution in [0.25, 0.3) is 0 Å². The van der Waals surface area contributed by atoms with Crippen LogP contribution in [0.2, 0.25) is 0 Å². The number of amides is 1. The maximum Gasteiger partial charge on any atom is 0.234 e. The van der Waals surface area contributed by atoms with E-state index in [1.807, 2.05) is 34.9 Å². The lowest BCUT2D eigenvalue weighted by Gasteiger charge is -2.10. The van der Waals surface area contributed by atoms with Gasteiger partial charge in [0.1, 0.15) is 17.5 Å². The topological polar surface area (TPSA) is 59.8 Å². The van der Waals surface area contributed by atoms with E-state index in [9.17, 15) is 13.6 Å². The first-order valence-electron chi connectivity index (χ1n) is 8.95. The van der Waals surface area contributed by atoms with Crippen LogP contribution in [0.5, 0.6) is 0 Å². The number of carbonyl (C=O) groups is 1. The smallest absolute Gasteiger partial charge is 0.234 e. The van der Waals surface area contributed by atoms with Crippen LogP contribution in [0, 0.1) is 11.6 Å². The molecule has 5 nitrogen and oxygen atoms in total. The summed E-state index contributed by atoms with van der Waals surface area (Å²) in [4.78, 5) is 12.2. The lowest BCUT2D eigenvalue weighted by molar-refractivity contribution is -0.113. The molecule has 3 aromatic rings. The van der Waals surface area contributed by atoms with Crippen LogP contribution < -0.4 is 5.32 Å². The third-order valence-electron chi connectivity index (χ3n) is 4.41. The maximum absolute atomic E-state index is 13.7. The lowest BCUT2D eigenvalue weighted by Crippen LogP contribution is -2.16. The number of rotatable bonds is 7. The third kappa shape index (κ3) is 4.39. The third-order valence-corrected chi connectivity index (χ3v) is 5.38. The molecule has 1 heterocycles. The highest BCUT2D eigenvalue weighted by atomic mass is 32.2. The minimum atomic E-state index is -0.804. The van der Waals surface area contributed by atoms with E-state index in [1.54, 1.807) is 0 Å². The number of hydrogen-bond donors (Lipinski definition) is 1. The summed E-state index contributed by atoms with van der Waals surface area (Å²) in [6.07, 6.45) is 2.20. The van der Waals surface area contributed by atoms with E-state index >= 15 is 0 Å². The van der Waals surface area contributed by atoms with Gasteiger partial charge in [-0.2, -0.15) is 0 Å². The highest BCUT2D eigenvalue weighted by molar-refractivity contribution is 7.99. The highest BCUT2D eigenvalue weighted by Crippen LogP contribution is 2.40. The number of benzene rings is 2. The van der Waals surface area contributed by atoms with Crippen LogP contribution in [0.4, 0.5) is 14.5 Å². The van der Waals surface area contributed by atoms with Gasteiger partial charge in [-0.25, -0.2) is 8.78 Å². The molecule has 1 saturated carbocycles. The number of thioether (sulfide) groups is 1. The first-order valence-corrected chi connectivity index (χ1v) is 9.93. The highest BCUT2D eigenvalue weighted by Gasteiger charge is 2.30. The van der Waals surface area contributed by atoms with Gasteiger partial charge in [0.2, 0.25) is 5.91 Å². The normalized spacial score (nSPS) is 13.5. The van der Waals surface area contributed by atoms with Gasteiger partial charge in [-0.05, 0) is 30.5 Å². The second-order valence-corrected chi connectivity index (χ2v) is 7.59. The molecule has 2 aromatic carbocycles. The Bertz CT molecular complexity index is 989. The molecule has 0 radical (unpaired) electrons. The van der Waals surface area contributed by atoms with Crippen LogP contribution in [0.3, 0.4) is 0 Å².